The fourth-order valence-corrected chi connectivity index (χ4v) is 1.86. The molecule has 0 saturated carbocycles. The second-order valence-corrected chi connectivity index (χ2v) is 4.62. The largest absolute Gasteiger partial charge is 0.497 e. The van der Waals surface area contributed by atoms with Gasteiger partial charge in [0.25, 0.3) is 5.91 Å². The maximum absolute atomic E-state index is 12.1. The van der Waals surface area contributed by atoms with E-state index in [1.54, 1.807) is 31.4 Å². The number of hydrogen-bond acceptors (Lipinski definition) is 4. The minimum absolute atomic E-state index is 0.320. The first-order valence-corrected chi connectivity index (χ1v) is 6.25. The highest BCUT2D eigenvalue weighted by molar-refractivity contribution is 9.10. The van der Waals surface area contributed by atoms with Gasteiger partial charge in [-0.2, -0.15) is 0 Å². The molecule has 0 spiro atoms. The SMILES string of the molecule is COc1ccc(Br)c(NC(=O)c2cnccc2N)c1. The van der Waals surface area contributed by atoms with E-state index in [1.807, 2.05) is 0 Å². The summed E-state index contributed by atoms with van der Waals surface area (Å²) in [5.41, 5.74) is 7.05. The Morgan fingerprint density at radius 2 is 2.21 bits per heavy atom. The van der Waals surface area contributed by atoms with Crippen molar-refractivity contribution in [2.75, 3.05) is 18.2 Å². The van der Waals surface area contributed by atoms with Crippen LogP contribution >= 0.6 is 15.9 Å². The summed E-state index contributed by atoms with van der Waals surface area (Å²) < 4.78 is 5.87. The molecular weight excluding hydrogens is 310 g/mol. The van der Waals surface area contributed by atoms with E-state index in [-0.39, 0.29) is 5.91 Å². The first-order chi connectivity index (χ1) is 9.11. The predicted octanol–water partition coefficient (Wildman–Crippen LogP) is 2.69. The predicted molar refractivity (Wildman–Crippen MR) is 77.3 cm³/mol. The van der Waals surface area contributed by atoms with E-state index in [0.717, 1.165) is 4.47 Å². The highest BCUT2D eigenvalue weighted by Crippen LogP contribution is 2.27. The van der Waals surface area contributed by atoms with Gasteiger partial charge in [0.1, 0.15) is 5.75 Å². The number of pyridine rings is 1. The van der Waals surface area contributed by atoms with Crippen LogP contribution in [0.5, 0.6) is 5.75 Å². The summed E-state index contributed by atoms with van der Waals surface area (Å²) >= 11 is 3.36. The van der Waals surface area contributed by atoms with E-state index in [0.29, 0.717) is 22.7 Å². The van der Waals surface area contributed by atoms with E-state index in [9.17, 15) is 4.79 Å². The van der Waals surface area contributed by atoms with Crippen molar-refractivity contribution in [1.82, 2.24) is 4.98 Å². The topological polar surface area (TPSA) is 77.2 Å². The van der Waals surface area contributed by atoms with Gasteiger partial charge >= 0.3 is 0 Å². The maximum atomic E-state index is 12.1. The van der Waals surface area contributed by atoms with Crippen molar-refractivity contribution in [2.24, 2.45) is 0 Å². The van der Waals surface area contributed by atoms with Gasteiger partial charge in [0.05, 0.1) is 18.4 Å². The Balaban J connectivity index is 2.26. The van der Waals surface area contributed by atoms with Crippen molar-refractivity contribution >= 4 is 33.2 Å². The zero-order valence-corrected chi connectivity index (χ0v) is 11.8. The fraction of sp³-hybridized carbons (Fsp3) is 0.0769. The number of hydrogen-bond donors (Lipinski definition) is 2. The van der Waals surface area contributed by atoms with Crippen molar-refractivity contribution in [3.05, 3.63) is 46.7 Å². The van der Waals surface area contributed by atoms with Crippen LogP contribution in [-0.2, 0) is 0 Å². The van der Waals surface area contributed by atoms with E-state index in [1.165, 1.54) is 12.4 Å². The number of halogens is 1. The number of nitrogens with zero attached hydrogens (tertiary/aromatic N) is 1. The molecule has 2 rings (SSSR count). The summed E-state index contributed by atoms with van der Waals surface area (Å²) in [7, 11) is 1.56. The summed E-state index contributed by atoms with van der Waals surface area (Å²) in [5.74, 6) is 0.331. The standard InChI is InChI=1S/C13H12BrN3O2/c1-19-8-2-3-10(14)12(6-8)17-13(18)9-7-16-5-4-11(9)15/h2-7H,1H3,(H2,15,16)(H,17,18). The van der Waals surface area contributed by atoms with Gasteiger partial charge in [-0.1, -0.05) is 0 Å². The first kappa shape index (κ1) is 13.4. The van der Waals surface area contributed by atoms with Gasteiger partial charge in [-0.05, 0) is 34.1 Å². The monoisotopic (exact) mass is 321 g/mol. The number of methoxy groups -OCH3 is 1. The number of carbonyl (C=O) groups is 1. The number of nitrogens with two attached hydrogens (primary N) is 1. The van der Waals surface area contributed by atoms with Crippen molar-refractivity contribution < 1.29 is 9.53 Å². The third kappa shape index (κ3) is 3.03. The molecule has 0 radical (unpaired) electrons. The molecule has 19 heavy (non-hydrogen) atoms. The van der Waals surface area contributed by atoms with Gasteiger partial charge in [-0.3, -0.25) is 9.78 Å². The number of rotatable bonds is 3. The number of carbonyl (C=O) groups excluding carboxylic acids is 1. The number of benzene rings is 1. The molecule has 0 bridgehead atoms. The highest BCUT2D eigenvalue weighted by Gasteiger charge is 2.12. The van der Waals surface area contributed by atoms with E-state index >= 15 is 0 Å². The molecular formula is C13H12BrN3O2. The molecule has 0 fully saturated rings. The first-order valence-electron chi connectivity index (χ1n) is 5.46. The summed E-state index contributed by atoms with van der Waals surface area (Å²) in [5, 5.41) is 2.76. The van der Waals surface area contributed by atoms with Crippen LogP contribution in [0.2, 0.25) is 0 Å². The van der Waals surface area contributed by atoms with Crippen LogP contribution in [0.25, 0.3) is 0 Å². The number of nitrogen functional groups attached to an aromatic ring is 1. The highest BCUT2D eigenvalue weighted by atomic mass is 79.9. The average Bonchev–Trinajstić information content (AvgIpc) is 2.41. The van der Waals surface area contributed by atoms with Crippen LogP contribution < -0.4 is 15.8 Å². The average molecular weight is 322 g/mol. The third-order valence-electron chi connectivity index (χ3n) is 2.52. The molecule has 0 aliphatic carbocycles. The lowest BCUT2D eigenvalue weighted by Gasteiger charge is -2.10. The molecule has 5 nitrogen and oxygen atoms in total. The Labute approximate surface area is 118 Å². The summed E-state index contributed by atoms with van der Waals surface area (Å²) in [6.45, 7) is 0. The van der Waals surface area contributed by atoms with Gasteiger partial charge in [0.15, 0.2) is 0 Å². The number of nitrogens with one attached hydrogen (secondary N) is 1. The van der Waals surface area contributed by atoms with Gasteiger partial charge in [-0.25, -0.2) is 0 Å². The summed E-state index contributed by atoms with van der Waals surface area (Å²) in [4.78, 5) is 16.0. The molecule has 0 saturated heterocycles. The lowest BCUT2D eigenvalue weighted by atomic mass is 10.2. The van der Waals surface area contributed by atoms with Crippen molar-refractivity contribution in [3.63, 3.8) is 0 Å². The molecule has 0 aliphatic rings. The molecule has 6 heteroatoms. The minimum Gasteiger partial charge on any atom is -0.497 e. The molecule has 0 aliphatic heterocycles. The maximum Gasteiger partial charge on any atom is 0.259 e. The van der Waals surface area contributed by atoms with Crippen LogP contribution in [0.3, 0.4) is 0 Å². The second-order valence-electron chi connectivity index (χ2n) is 3.76. The van der Waals surface area contributed by atoms with Crippen LogP contribution in [0, 0.1) is 0 Å². The molecule has 98 valence electrons. The Morgan fingerprint density at radius 3 is 2.89 bits per heavy atom. The van der Waals surface area contributed by atoms with Gasteiger partial charge in [0.2, 0.25) is 0 Å². The van der Waals surface area contributed by atoms with E-state index in [2.05, 4.69) is 26.2 Å². The molecule has 1 amide bonds. The Hall–Kier alpha value is -2.08. The summed E-state index contributed by atoms with van der Waals surface area (Å²) in [6.07, 6.45) is 2.96. The van der Waals surface area contributed by atoms with Crippen LogP contribution in [-0.4, -0.2) is 18.0 Å². The molecule has 0 atom stereocenters. The van der Waals surface area contributed by atoms with Crippen molar-refractivity contribution in [2.45, 2.75) is 0 Å². The molecule has 1 aromatic heterocycles. The van der Waals surface area contributed by atoms with Crippen molar-refractivity contribution in [3.8, 4) is 5.75 Å². The number of amides is 1. The second kappa shape index (κ2) is 5.71. The van der Waals surface area contributed by atoms with E-state index < -0.39 is 0 Å². The molecule has 3 N–H and O–H groups in total. The van der Waals surface area contributed by atoms with E-state index in [4.69, 9.17) is 10.5 Å². The number of aromatic nitrogens is 1. The lowest BCUT2D eigenvalue weighted by Crippen LogP contribution is -2.14. The van der Waals surface area contributed by atoms with Crippen LogP contribution in [0.1, 0.15) is 10.4 Å². The van der Waals surface area contributed by atoms with Gasteiger partial charge in [-0.15, -0.1) is 0 Å². The lowest BCUT2D eigenvalue weighted by molar-refractivity contribution is 0.102. The summed E-state index contributed by atoms with van der Waals surface area (Å²) in [6, 6.07) is 6.88. The van der Waals surface area contributed by atoms with Gasteiger partial charge < -0.3 is 15.8 Å². The zero-order chi connectivity index (χ0) is 13.8. The quantitative estimate of drug-likeness (QED) is 0.911. The Bertz CT molecular complexity index is 617. The molecule has 1 heterocycles. The zero-order valence-electron chi connectivity index (χ0n) is 10.2. The number of anilines is 2. The smallest absolute Gasteiger partial charge is 0.259 e. The third-order valence-corrected chi connectivity index (χ3v) is 3.21. The van der Waals surface area contributed by atoms with Crippen LogP contribution in [0.4, 0.5) is 11.4 Å². The number of ether oxygens (including phenoxy) is 1. The molecule has 0 unspecified atom stereocenters. The normalized spacial score (nSPS) is 10.0. The fourth-order valence-electron chi connectivity index (χ4n) is 1.51. The molecule has 2 aromatic rings. The Kier molecular flexibility index (Phi) is 4.01. The van der Waals surface area contributed by atoms with Crippen molar-refractivity contribution in [1.29, 1.82) is 0 Å². The Morgan fingerprint density at radius 1 is 1.42 bits per heavy atom. The van der Waals surface area contributed by atoms with Gasteiger partial charge in [0, 0.05) is 28.6 Å². The minimum atomic E-state index is -0.320. The van der Waals surface area contributed by atoms with Crippen LogP contribution in [0.15, 0.2) is 41.1 Å². The molecule has 1 aromatic carbocycles.